The number of nitrogens with two attached hydrogens (primary N) is 1. The standard InChI is InChI=1S/C12H14N2O2S/c1-2-8-5-6-17-11(8)9-3-4-10(7-9)14(16)12(13)15/h2,5-7,10,16H,1,3-4H2,(H2,13,15). The van der Waals surface area contributed by atoms with E-state index in [1.807, 2.05) is 23.6 Å². The molecule has 0 bridgehead atoms. The van der Waals surface area contributed by atoms with Gasteiger partial charge in [0, 0.05) is 4.88 Å². The zero-order valence-corrected chi connectivity index (χ0v) is 10.1. The summed E-state index contributed by atoms with van der Waals surface area (Å²) in [5, 5.41) is 12.1. The molecule has 4 nitrogen and oxygen atoms in total. The van der Waals surface area contributed by atoms with Crippen LogP contribution in [0.1, 0.15) is 23.3 Å². The number of amides is 2. The summed E-state index contributed by atoms with van der Waals surface area (Å²) in [5.41, 5.74) is 7.26. The number of hydrogen-bond acceptors (Lipinski definition) is 3. The normalized spacial score (nSPS) is 18.9. The minimum absolute atomic E-state index is 0.317. The van der Waals surface area contributed by atoms with Gasteiger partial charge in [0.1, 0.15) is 0 Å². The number of primary amides is 1. The third-order valence-corrected chi connectivity index (χ3v) is 3.86. The van der Waals surface area contributed by atoms with Crippen LogP contribution in [0.15, 0.2) is 24.1 Å². The zero-order chi connectivity index (χ0) is 12.4. The van der Waals surface area contributed by atoms with Crippen molar-refractivity contribution in [3.63, 3.8) is 0 Å². The number of hydrogen-bond donors (Lipinski definition) is 2. The quantitative estimate of drug-likeness (QED) is 0.639. The first-order valence-electron chi connectivity index (χ1n) is 5.32. The molecule has 1 heterocycles. The van der Waals surface area contributed by atoms with E-state index >= 15 is 0 Å². The summed E-state index contributed by atoms with van der Waals surface area (Å²) in [5.74, 6) is 0. The van der Waals surface area contributed by atoms with Gasteiger partial charge in [-0.2, -0.15) is 5.06 Å². The fourth-order valence-corrected chi connectivity index (χ4v) is 2.95. The highest BCUT2D eigenvalue weighted by atomic mass is 32.1. The van der Waals surface area contributed by atoms with Gasteiger partial charge in [-0.25, -0.2) is 4.79 Å². The SMILES string of the molecule is C=Cc1ccsc1C1=CC(N(O)C(N)=O)CC1. The van der Waals surface area contributed by atoms with Gasteiger partial charge in [0.05, 0.1) is 6.04 Å². The van der Waals surface area contributed by atoms with Crippen LogP contribution in [-0.2, 0) is 0 Å². The Bertz CT molecular complexity index is 479. The van der Waals surface area contributed by atoms with E-state index < -0.39 is 6.03 Å². The second kappa shape index (κ2) is 4.73. The monoisotopic (exact) mass is 250 g/mol. The summed E-state index contributed by atoms with van der Waals surface area (Å²) in [4.78, 5) is 12.0. The van der Waals surface area contributed by atoms with Crippen molar-refractivity contribution in [3.05, 3.63) is 34.5 Å². The number of urea groups is 1. The van der Waals surface area contributed by atoms with Crippen molar-refractivity contribution in [1.29, 1.82) is 0 Å². The third kappa shape index (κ3) is 2.25. The van der Waals surface area contributed by atoms with E-state index in [1.165, 1.54) is 0 Å². The molecule has 90 valence electrons. The number of nitrogens with zero attached hydrogens (tertiary/aromatic N) is 1. The number of allylic oxidation sites excluding steroid dienone is 1. The first-order valence-corrected chi connectivity index (χ1v) is 6.20. The Kier molecular flexibility index (Phi) is 3.31. The number of rotatable bonds is 3. The maximum absolute atomic E-state index is 10.9. The molecule has 0 saturated heterocycles. The van der Waals surface area contributed by atoms with Gasteiger partial charge in [-0.3, -0.25) is 5.21 Å². The van der Waals surface area contributed by atoms with Crippen LogP contribution < -0.4 is 5.73 Å². The Hall–Kier alpha value is -1.59. The van der Waals surface area contributed by atoms with Gasteiger partial charge < -0.3 is 5.73 Å². The minimum Gasteiger partial charge on any atom is -0.350 e. The molecule has 1 unspecified atom stereocenters. The van der Waals surface area contributed by atoms with Crippen molar-refractivity contribution in [2.75, 3.05) is 0 Å². The largest absolute Gasteiger partial charge is 0.350 e. The number of thiophene rings is 1. The first-order chi connectivity index (χ1) is 8.13. The Labute approximate surface area is 104 Å². The highest BCUT2D eigenvalue weighted by Gasteiger charge is 2.25. The van der Waals surface area contributed by atoms with Gasteiger partial charge in [-0.1, -0.05) is 18.7 Å². The van der Waals surface area contributed by atoms with Gasteiger partial charge >= 0.3 is 6.03 Å². The number of hydroxylamine groups is 2. The molecule has 2 rings (SSSR count). The Morgan fingerprint density at radius 2 is 2.47 bits per heavy atom. The molecule has 1 aromatic rings. The molecule has 17 heavy (non-hydrogen) atoms. The smallest absolute Gasteiger partial charge is 0.339 e. The molecule has 1 atom stereocenters. The molecule has 1 aromatic heterocycles. The molecular weight excluding hydrogens is 236 g/mol. The van der Waals surface area contributed by atoms with Crippen molar-refractivity contribution in [2.24, 2.45) is 5.73 Å². The second-order valence-electron chi connectivity index (χ2n) is 3.89. The van der Waals surface area contributed by atoms with Crippen LogP contribution in [0.3, 0.4) is 0 Å². The van der Waals surface area contributed by atoms with Crippen LogP contribution in [0.25, 0.3) is 11.6 Å². The summed E-state index contributed by atoms with van der Waals surface area (Å²) in [6.45, 7) is 3.76. The van der Waals surface area contributed by atoms with Crippen LogP contribution in [0.5, 0.6) is 0 Å². The van der Waals surface area contributed by atoms with Gasteiger partial charge in [-0.05, 0) is 35.4 Å². The summed E-state index contributed by atoms with van der Waals surface area (Å²) >= 11 is 1.64. The molecule has 0 aliphatic heterocycles. The highest BCUT2D eigenvalue weighted by molar-refractivity contribution is 7.11. The molecule has 5 heteroatoms. The number of carbonyl (C=O) groups is 1. The molecule has 1 aliphatic rings. The first kappa shape index (κ1) is 11.9. The fraction of sp³-hybridized carbons (Fsp3) is 0.250. The average Bonchev–Trinajstić information content (AvgIpc) is 2.95. The van der Waals surface area contributed by atoms with Crippen molar-refractivity contribution in [3.8, 4) is 0 Å². The third-order valence-electron chi connectivity index (χ3n) is 2.85. The topological polar surface area (TPSA) is 66.6 Å². The van der Waals surface area contributed by atoms with Crippen LogP contribution in [-0.4, -0.2) is 22.3 Å². The maximum atomic E-state index is 10.9. The zero-order valence-electron chi connectivity index (χ0n) is 9.30. The van der Waals surface area contributed by atoms with E-state index in [4.69, 9.17) is 5.73 Å². The lowest BCUT2D eigenvalue weighted by Crippen LogP contribution is -2.39. The van der Waals surface area contributed by atoms with E-state index in [1.54, 1.807) is 11.3 Å². The Morgan fingerprint density at radius 3 is 3.12 bits per heavy atom. The van der Waals surface area contributed by atoms with Crippen molar-refractivity contribution in [2.45, 2.75) is 18.9 Å². The molecular formula is C12H14N2O2S. The van der Waals surface area contributed by atoms with Gasteiger partial charge in [0.25, 0.3) is 0 Å². The number of carbonyl (C=O) groups excluding carboxylic acids is 1. The predicted molar refractivity (Wildman–Crippen MR) is 68.6 cm³/mol. The Morgan fingerprint density at radius 1 is 1.71 bits per heavy atom. The van der Waals surface area contributed by atoms with E-state index in [9.17, 15) is 10.0 Å². The van der Waals surface area contributed by atoms with Crippen molar-refractivity contribution < 1.29 is 10.0 Å². The summed E-state index contributed by atoms with van der Waals surface area (Å²) in [6, 6.07) is 0.872. The molecule has 0 radical (unpaired) electrons. The van der Waals surface area contributed by atoms with E-state index in [0.717, 1.165) is 22.4 Å². The molecule has 3 N–H and O–H groups in total. The van der Waals surface area contributed by atoms with Gasteiger partial charge in [-0.15, -0.1) is 11.3 Å². The minimum atomic E-state index is -0.817. The summed E-state index contributed by atoms with van der Waals surface area (Å²) < 4.78 is 0. The second-order valence-corrected chi connectivity index (χ2v) is 4.81. The molecule has 1 aliphatic carbocycles. The summed E-state index contributed by atoms with van der Waals surface area (Å²) in [7, 11) is 0. The predicted octanol–water partition coefficient (Wildman–Crippen LogP) is 2.71. The molecule has 2 amide bonds. The van der Waals surface area contributed by atoms with Crippen LogP contribution in [0.2, 0.25) is 0 Å². The lowest BCUT2D eigenvalue weighted by molar-refractivity contribution is -0.0608. The molecule has 0 fully saturated rings. The van der Waals surface area contributed by atoms with E-state index in [2.05, 4.69) is 6.58 Å². The van der Waals surface area contributed by atoms with E-state index in [-0.39, 0.29) is 6.04 Å². The maximum Gasteiger partial charge on any atom is 0.339 e. The van der Waals surface area contributed by atoms with Crippen LogP contribution in [0, 0.1) is 0 Å². The summed E-state index contributed by atoms with van der Waals surface area (Å²) in [6.07, 6.45) is 5.23. The van der Waals surface area contributed by atoms with Crippen LogP contribution in [0.4, 0.5) is 4.79 Å². The molecule has 0 aromatic carbocycles. The molecule has 0 saturated carbocycles. The highest BCUT2D eigenvalue weighted by Crippen LogP contribution is 2.35. The van der Waals surface area contributed by atoms with Crippen molar-refractivity contribution in [1.82, 2.24) is 5.06 Å². The van der Waals surface area contributed by atoms with Gasteiger partial charge in [0.15, 0.2) is 0 Å². The lowest BCUT2D eigenvalue weighted by atomic mass is 10.1. The van der Waals surface area contributed by atoms with Crippen LogP contribution >= 0.6 is 11.3 Å². The molecule has 0 spiro atoms. The fourth-order valence-electron chi connectivity index (χ4n) is 1.99. The lowest BCUT2D eigenvalue weighted by Gasteiger charge is -2.17. The van der Waals surface area contributed by atoms with E-state index in [0.29, 0.717) is 11.5 Å². The Balaban J connectivity index is 2.22. The van der Waals surface area contributed by atoms with Gasteiger partial charge in [0.2, 0.25) is 0 Å². The van der Waals surface area contributed by atoms with Crippen molar-refractivity contribution >= 4 is 29.0 Å². The average molecular weight is 250 g/mol.